The summed E-state index contributed by atoms with van der Waals surface area (Å²) in [4.78, 5) is 22.5. The monoisotopic (exact) mass is 862 g/mol. The molecule has 17 nitrogen and oxygen atoms in total. The van der Waals surface area contributed by atoms with E-state index in [0.717, 1.165) is 9.28 Å². The standard InChI is InChI=1S/C36H66N2O15S3/c1-3-55-35(54)56-36(2,32-37)6-4-33(39)38-7-9-43-11-13-45-15-17-47-19-21-49-23-25-51-27-29-53-31-30-52-28-26-50-24-22-48-20-18-46-16-14-44-12-10-42-8-5-34(40)41/h3-31H2,1-2H3,(H,38,39)(H,40,41). The van der Waals surface area contributed by atoms with Crippen LogP contribution in [0.3, 0.4) is 0 Å². The van der Waals surface area contributed by atoms with E-state index in [1.165, 1.54) is 23.5 Å². The predicted octanol–water partition coefficient (Wildman–Crippen LogP) is 2.61. The minimum absolute atomic E-state index is 0.00910. The predicted molar refractivity (Wildman–Crippen MR) is 217 cm³/mol. The van der Waals surface area contributed by atoms with E-state index >= 15 is 0 Å². The summed E-state index contributed by atoms with van der Waals surface area (Å²) in [6, 6.07) is 2.27. The van der Waals surface area contributed by atoms with Crippen LogP contribution in [0.5, 0.6) is 0 Å². The van der Waals surface area contributed by atoms with Gasteiger partial charge in [-0.1, -0.05) is 30.9 Å². The Hall–Kier alpha value is -1.26. The van der Waals surface area contributed by atoms with Crippen LogP contribution < -0.4 is 5.32 Å². The first-order chi connectivity index (χ1) is 27.3. The second-order valence-electron chi connectivity index (χ2n) is 11.5. The highest BCUT2D eigenvalue weighted by Gasteiger charge is 2.27. The van der Waals surface area contributed by atoms with Gasteiger partial charge in [0, 0.05) is 13.0 Å². The SMILES string of the molecule is CCSC(=S)SC(C)(C#N)CCC(=O)NCCOCCOCCOCCOCCOCCOCCOCCOCCOCCOCCOCCOCCC(=O)O. The normalized spacial score (nSPS) is 12.4. The molecule has 56 heavy (non-hydrogen) atoms. The van der Waals surface area contributed by atoms with Gasteiger partial charge in [0.1, 0.15) is 8.28 Å². The molecule has 0 bridgehead atoms. The molecule has 1 atom stereocenters. The van der Waals surface area contributed by atoms with Gasteiger partial charge in [-0.2, -0.15) is 5.26 Å². The van der Waals surface area contributed by atoms with Gasteiger partial charge in [0.15, 0.2) is 0 Å². The van der Waals surface area contributed by atoms with E-state index in [0.29, 0.717) is 165 Å². The summed E-state index contributed by atoms with van der Waals surface area (Å²) in [6.45, 7) is 14.8. The number of ether oxygens (including phenoxy) is 12. The lowest BCUT2D eigenvalue weighted by molar-refractivity contribution is -0.138. The molecule has 328 valence electrons. The molecule has 0 aromatic heterocycles. The van der Waals surface area contributed by atoms with E-state index in [1.54, 1.807) is 0 Å². The third-order valence-corrected chi connectivity index (χ3v) is 9.40. The van der Waals surface area contributed by atoms with E-state index in [-0.39, 0.29) is 25.4 Å². The zero-order chi connectivity index (χ0) is 41.1. The number of carbonyl (C=O) groups excluding carboxylic acids is 1. The topological polar surface area (TPSA) is 201 Å². The summed E-state index contributed by atoms with van der Waals surface area (Å²) in [6.07, 6.45) is 0.668. The number of aliphatic carboxylic acids is 1. The summed E-state index contributed by atoms with van der Waals surface area (Å²) in [5, 5.41) is 20.8. The van der Waals surface area contributed by atoms with Crippen molar-refractivity contribution in [3.63, 3.8) is 0 Å². The summed E-state index contributed by atoms with van der Waals surface area (Å²) in [5.41, 5.74) is 0. The smallest absolute Gasteiger partial charge is 0.305 e. The maximum atomic E-state index is 12.1. The third kappa shape index (κ3) is 42.3. The average molecular weight is 863 g/mol. The Bertz CT molecular complexity index is 971. The second kappa shape index (κ2) is 43.3. The zero-order valence-electron chi connectivity index (χ0n) is 33.3. The number of rotatable bonds is 44. The van der Waals surface area contributed by atoms with Crippen LogP contribution in [0, 0.1) is 11.3 Å². The van der Waals surface area contributed by atoms with Gasteiger partial charge >= 0.3 is 5.97 Å². The molecule has 0 fully saturated rings. The Morgan fingerprint density at radius 3 is 1.16 bits per heavy atom. The van der Waals surface area contributed by atoms with Crippen LogP contribution in [-0.2, 0) is 66.4 Å². The zero-order valence-corrected chi connectivity index (χ0v) is 35.8. The number of nitrogens with zero attached hydrogens (tertiary/aromatic N) is 1. The molecule has 0 spiro atoms. The molecule has 0 heterocycles. The van der Waals surface area contributed by atoms with Gasteiger partial charge in [0.2, 0.25) is 5.91 Å². The van der Waals surface area contributed by atoms with Gasteiger partial charge in [-0.15, -0.1) is 11.8 Å². The molecule has 2 N–H and O–H groups in total. The number of thioether (sulfide) groups is 2. The van der Waals surface area contributed by atoms with Crippen molar-refractivity contribution in [1.82, 2.24) is 5.32 Å². The highest BCUT2D eigenvalue weighted by molar-refractivity contribution is 8.47. The summed E-state index contributed by atoms with van der Waals surface area (Å²) < 4.78 is 65.1. The van der Waals surface area contributed by atoms with Crippen LogP contribution in [0.25, 0.3) is 0 Å². The lowest BCUT2D eigenvalue weighted by Crippen LogP contribution is -2.30. The molecule has 0 rings (SSSR count). The van der Waals surface area contributed by atoms with Gasteiger partial charge in [-0.3, -0.25) is 9.59 Å². The van der Waals surface area contributed by atoms with Crippen molar-refractivity contribution < 1.29 is 71.5 Å². The molecule has 20 heteroatoms. The maximum Gasteiger partial charge on any atom is 0.305 e. The summed E-state index contributed by atoms with van der Waals surface area (Å²) >= 11 is 8.16. The number of carbonyl (C=O) groups is 2. The van der Waals surface area contributed by atoms with Crippen molar-refractivity contribution >= 4 is 51.1 Å². The van der Waals surface area contributed by atoms with Crippen molar-refractivity contribution in [2.75, 3.05) is 171 Å². The largest absolute Gasteiger partial charge is 0.481 e. The van der Waals surface area contributed by atoms with Crippen LogP contribution in [-0.4, -0.2) is 196 Å². The van der Waals surface area contributed by atoms with Crippen molar-refractivity contribution in [3.8, 4) is 6.07 Å². The molecule has 0 saturated heterocycles. The Kier molecular flexibility index (Phi) is 42.3. The fourth-order valence-corrected chi connectivity index (χ4v) is 6.74. The first-order valence-corrected chi connectivity index (χ1v) is 21.2. The van der Waals surface area contributed by atoms with Crippen molar-refractivity contribution in [3.05, 3.63) is 0 Å². The third-order valence-electron chi connectivity index (χ3n) is 6.76. The maximum absolute atomic E-state index is 12.1. The number of thiocarbonyl (C=S) groups is 1. The van der Waals surface area contributed by atoms with E-state index in [9.17, 15) is 14.9 Å². The minimum atomic E-state index is -0.880. The fraction of sp³-hybridized carbons (Fsp3) is 0.889. The van der Waals surface area contributed by atoms with E-state index in [2.05, 4.69) is 11.4 Å². The van der Waals surface area contributed by atoms with Gasteiger partial charge < -0.3 is 67.3 Å². The molecule has 0 saturated carbocycles. The second-order valence-corrected chi connectivity index (χ2v) is 15.4. The van der Waals surface area contributed by atoms with Crippen LogP contribution in [0.1, 0.15) is 33.1 Å². The van der Waals surface area contributed by atoms with Crippen LogP contribution in [0.2, 0.25) is 0 Å². The summed E-state index contributed by atoms with van der Waals surface area (Å²) in [7, 11) is 0. The van der Waals surface area contributed by atoms with Crippen LogP contribution in [0.4, 0.5) is 0 Å². The van der Waals surface area contributed by atoms with Gasteiger partial charge in [0.05, 0.1) is 171 Å². The fourth-order valence-electron chi connectivity index (χ4n) is 3.84. The Balaban J connectivity index is 3.23. The van der Waals surface area contributed by atoms with Crippen LogP contribution in [0.15, 0.2) is 0 Å². The number of carboxylic acids is 1. The highest BCUT2D eigenvalue weighted by Crippen LogP contribution is 2.34. The number of nitrogens with one attached hydrogen (secondary N) is 1. The minimum Gasteiger partial charge on any atom is -0.481 e. The van der Waals surface area contributed by atoms with Crippen molar-refractivity contribution in [1.29, 1.82) is 5.26 Å². The van der Waals surface area contributed by atoms with Gasteiger partial charge in [-0.25, -0.2) is 0 Å². The summed E-state index contributed by atoms with van der Waals surface area (Å²) in [5.74, 6) is -0.138. The quantitative estimate of drug-likeness (QED) is 0.0668. The lowest BCUT2D eigenvalue weighted by Gasteiger charge is -2.20. The molecule has 0 radical (unpaired) electrons. The lowest BCUT2D eigenvalue weighted by atomic mass is 10.1. The Morgan fingerprint density at radius 1 is 0.571 bits per heavy atom. The molecule has 1 unspecified atom stereocenters. The van der Waals surface area contributed by atoms with E-state index in [4.69, 9.17) is 74.2 Å². The molecular formula is C36H66N2O15S3. The first-order valence-electron chi connectivity index (χ1n) is 19.0. The van der Waals surface area contributed by atoms with Gasteiger partial charge in [-0.05, 0) is 19.1 Å². The molecule has 0 aliphatic heterocycles. The van der Waals surface area contributed by atoms with Gasteiger partial charge in [0.25, 0.3) is 0 Å². The Labute approximate surface area is 347 Å². The molecule has 0 aromatic rings. The number of carboxylic acid groups (broad SMARTS) is 1. The highest BCUT2D eigenvalue weighted by atomic mass is 32.2. The Morgan fingerprint density at radius 2 is 0.875 bits per heavy atom. The average Bonchev–Trinajstić information content (AvgIpc) is 3.18. The van der Waals surface area contributed by atoms with E-state index < -0.39 is 10.7 Å². The van der Waals surface area contributed by atoms with Crippen molar-refractivity contribution in [2.45, 2.75) is 37.9 Å². The first kappa shape index (κ1) is 54.7. The number of hydrogen-bond donors (Lipinski definition) is 2. The molecular weight excluding hydrogens is 797 g/mol. The molecule has 0 aromatic carbocycles. The molecule has 0 aliphatic rings. The van der Waals surface area contributed by atoms with E-state index in [1.807, 2.05) is 13.8 Å². The molecule has 0 aliphatic carbocycles. The molecule has 1 amide bonds. The van der Waals surface area contributed by atoms with Crippen molar-refractivity contribution in [2.24, 2.45) is 0 Å². The number of hydrogen-bond acceptors (Lipinski definition) is 18. The number of nitriles is 1. The van der Waals surface area contributed by atoms with Crippen LogP contribution >= 0.6 is 35.7 Å². The number of amides is 1.